The number of nitrogens with two attached hydrogens (primary N) is 1. The number of hydrogen-bond donors (Lipinski definition) is 3. The number of hydrogen-bond acceptors (Lipinski definition) is 4. The van der Waals surface area contributed by atoms with Crippen molar-refractivity contribution in [3.8, 4) is 11.8 Å². The molecule has 1 aromatic rings. The Morgan fingerprint density at radius 1 is 1.53 bits per heavy atom. The molecule has 0 radical (unpaired) electrons. The highest BCUT2D eigenvalue weighted by Gasteiger charge is 2.13. The fourth-order valence-corrected chi connectivity index (χ4v) is 1.26. The van der Waals surface area contributed by atoms with Gasteiger partial charge in [-0.3, -0.25) is 4.79 Å². The normalized spacial score (nSPS) is 9.60. The maximum atomic E-state index is 10.9. The van der Waals surface area contributed by atoms with Gasteiger partial charge in [-0.05, 0) is 24.1 Å². The van der Waals surface area contributed by atoms with Gasteiger partial charge >= 0.3 is 0 Å². The molecule has 0 saturated heterocycles. The molecular weight excluding hydrogens is 196 g/mol. The molecule has 0 unspecified atom stereocenters. The maximum absolute atomic E-state index is 10.9. The summed E-state index contributed by atoms with van der Waals surface area (Å²) in [5, 5.41) is 27.0. The van der Waals surface area contributed by atoms with Gasteiger partial charge in [0.15, 0.2) is 0 Å². The number of nitriles is 1. The SMILES string of the molecule is N#Cc1cc(CCO)c(O)c(C(N)=O)c1. The lowest BCUT2D eigenvalue weighted by Gasteiger charge is -2.07. The Morgan fingerprint density at radius 2 is 2.20 bits per heavy atom. The monoisotopic (exact) mass is 206 g/mol. The Morgan fingerprint density at radius 3 is 2.67 bits per heavy atom. The minimum atomic E-state index is -0.802. The molecule has 0 atom stereocenters. The molecule has 0 bridgehead atoms. The van der Waals surface area contributed by atoms with Gasteiger partial charge in [-0.25, -0.2) is 0 Å². The summed E-state index contributed by atoms with van der Waals surface area (Å²) in [5.74, 6) is -1.07. The highest BCUT2D eigenvalue weighted by molar-refractivity contribution is 5.96. The number of phenols is 1. The Kier molecular flexibility index (Phi) is 3.26. The van der Waals surface area contributed by atoms with Crippen molar-refractivity contribution in [3.05, 3.63) is 28.8 Å². The lowest BCUT2D eigenvalue weighted by molar-refractivity contribution is 0.0997. The lowest BCUT2D eigenvalue weighted by Crippen LogP contribution is -2.12. The molecule has 78 valence electrons. The predicted molar refractivity (Wildman–Crippen MR) is 52.1 cm³/mol. The zero-order valence-electron chi connectivity index (χ0n) is 7.90. The van der Waals surface area contributed by atoms with Crippen molar-refractivity contribution in [2.45, 2.75) is 6.42 Å². The van der Waals surface area contributed by atoms with Gasteiger partial charge in [0.25, 0.3) is 5.91 Å². The van der Waals surface area contributed by atoms with Gasteiger partial charge in [0, 0.05) is 6.61 Å². The van der Waals surface area contributed by atoms with Crippen LogP contribution in [0.25, 0.3) is 0 Å². The van der Waals surface area contributed by atoms with Crippen LogP contribution in [0, 0.1) is 11.3 Å². The third kappa shape index (κ3) is 2.24. The van der Waals surface area contributed by atoms with Crippen LogP contribution in [0.2, 0.25) is 0 Å². The summed E-state index contributed by atoms with van der Waals surface area (Å²) in [6, 6.07) is 4.48. The number of aliphatic hydroxyl groups is 1. The number of benzene rings is 1. The van der Waals surface area contributed by atoms with Gasteiger partial charge in [-0.15, -0.1) is 0 Å². The summed E-state index contributed by atoms with van der Waals surface area (Å²) >= 11 is 0. The van der Waals surface area contributed by atoms with Crippen molar-refractivity contribution in [2.24, 2.45) is 5.73 Å². The van der Waals surface area contributed by atoms with Crippen LogP contribution in [0.4, 0.5) is 0 Å². The second-order valence-corrected chi connectivity index (χ2v) is 2.98. The standard InChI is InChI=1S/C10H10N2O3/c11-5-6-3-7(1-2-13)9(14)8(4-6)10(12)15/h3-4,13-14H,1-2H2,(H2,12,15). The highest BCUT2D eigenvalue weighted by atomic mass is 16.3. The summed E-state index contributed by atoms with van der Waals surface area (Å²) in [5.41, 5.74) is 5.50. The number of primary amides is 1. The summed E-state index contributed by atoms with van der Waals surface area (Å²) < 4.78 is 0. The van der Waals surface area contributed by atoms with Crippen molar-refractivity contribution in [2.75, 3.05) is 6.61 Å². The van der Waals surface area contributed by atoms with Gasteiger partial charge in [0.1, 0.15) is 5.75 Å². The van der Waals surface area contributed by atoms with Gasteiger partial charge in [0.2, 0.25) is 0 Å². The molecular formula is C10H10N2O3. The third-order valence-corrected chi connectivity index (χ3v) is 1.96. The lowest BCUT2D eigenvalue weighted by atomic mass is 10.0. The van der Waals surface area contributed by atoms with Crippen molar-refractivity contribution >= 4 is 5.91 Å². The predicted octanol–water partition coefficient (Wildman–Crippen LogP) is -0.102. The molecule has 15 heavy (non-hydrogen) atoms. The molecule has 4 N–H and O–H groups in total. The van der Waals surface area contributed by atoms with Gasteiger partial charge in [-0.1, -0.05) is 0 Å². The molecule has 0 saturated carbocycles. The number of amides is 1. The van der Waals surface area contributed by atoms with E-state index in [9.17, 15) is 9.90 Å². The second-order valence-electron chi connectivity index (χ2n) is 2.98. The quantitative estimate of drug-likeness (QED) is 0.641. The highest BCUT2D eigenvalue weighted by Crippen LogP contribution is 2.24. The average Bonchev–Trinajstić information content (AvgIpc) is 2.21. The van der Waals surface area contributed by atoms with Crippen LogP contribution in [-0.4, -0.2) is 22.7 Å². The van der Waals surface area contributed by atoms with Gasteiger partial charge < -0.3 is 15.9 Å². The fourth-order valence-electron chi connectivity index (χ4n) is 1.26. The number of carbonyl (C=O) groups is 1. The summed E-state index contributed by atoms with van der Waals surface area (Å²) in [7, 11) is 0. The molecule has 1 aromatic carbocycles. The molecule has 1 amide bonds. The Hall–Kier alpha value is -2.06. The van der Waals surface area contributed by atoms with Crippen molar-refractivity contribution < 1.29 is 15.0 Å². The van der Waals surface area contributed by atoms with Crippen molar-refractivity contribution in [1.29, 1.82) is 5.26 Å². The van der Waals surface area contributed by atoms with Gasteiger partial charge in [-0.2, -0.15) is 5.26 Å². The minimum absolute atomic E-state index is 0.0995. The van der Waals surface area contributed by atoms with Crippen molar-refractivity contribution in [1.82, 2.24) is 0 Å². The van der Waals surface area contributed by atoms with E-state index in [1.54, 1.807) is 0 Å². The maximum Gasteiger partial charge on any atom is 0.252 e. The first-order valence-electron chi connectivity index (χ1n) is 4.26. The number of aliphatic hydroxyl groups excluding tert-OH is 1. The molecule has 0 spiro atoms. The van der Waals surface area contributed by atoms with E-state index in [0.717, 1.165) is 0 Å². The first-order chi connectivity index (χ1) is 7.10. The Balaban J connectivity index is 3.35. The van der Waals surface area contributed by atoms with E-state index in [1.165, 1.54) is 12.1 Å². The average molecular weight is 206 g/mol. The molecule has 0 fully saturated rings. The first-order valence-corrected chi connectivity index (χ1v) is 4.26. The van der Waals surface area contributed by atoms with E-state index >= 15 is 0 Å². The zero-order valence-corrected chi connectivity index (χ0v) is 7.90. The number of carbonyl (C=O) groups excluding carboxylic acids is 1. The topological polar surface area (TPSA) is 107 Å². The van der Waals surface area contributed by atoms with E-state index in [4.69, 9.17) is 16.1 Å². The zero-order chi connectivity index (χ0) is 11.4. The summed E-state index contributed by atoms with van der Waals surface area (Å²) in [6.45, 7) is -0.180. The van der Waals surface area contributed by atoms with Crippen molar-refractivity contribution in [3.63, 3.8) is 0 Å². The Bertz CT molecular complexity index is 435. The number of rotatable bonds is 3. The summed E-state index contributed by atoms with van der Waals surface area (Å²) in [4.78, 5) is 10.9. The first kappa shape index (κ1) is 11.0. The van der Waals surface area contributed by atoms with E-state index in [0.29, 0.717) is 5.56 Å². The van der Waals surface area contributed by atoms with E-state index in [2.05, 4.69) is 0 Å². The van der Waals surface area contributed by atoms with Crippen LogP contribution in [-0.2, 0) is 6.42 Å². The van der Waals surface area contributed by atoms with Crippen LogP contribution in [0.5, 0.6) is 5.75 Å². The molecule has 0 heterocycles. The van der Waals surface area contributed by atoms with Gasteiger partial charge in [0.05, 0.1) is 17.2 Å². The van der Waals surface area contributed by atoms with E-state index < -0.39 is 5.91 Å². The second kappa shape index (κ2) is 4.44. The van der Waals surface area contributed by atoms with E-state index in [-0.39, 0.29) is 29.9 Å². The minimum Gasteiger partial charge on any atom is -0.507 e. The van der Waals surface area contributed by atoms with E-state index in [1.807, 2.05) is 6.07 Å². The molecule has 0 aliphatic rings. The fraction of sp³-hybridized carbons (Fsp3) is 0.200. The van der Waals surface area contributed by atoms with Crippen LogP contribution >= 0.6 is 0 Å². The molecule has 0 aliphatic carbocycles. The number of aromatic hydroxyl groups is 1. The smallest absolute Gasteiger partial charge is 0.252 e. The van der Waals surface area contributed by atoms with Crippen LogP contribution in [0.3, 0.4) is 0 Å². The molecule has 5 nitrogen and oxygen atoms in total. The largest absolute Gasteiger partial charge is 0.507 e. The Labute approximate surface area is 86.4 Å². The molecule has 5 heteroatoms. The van der Waals surface area contributed by atoms with Crippen LogP contribution in [0.1, 0.15) is 21.5 Å². The third-order valence-electron chi connectivity index (χ3n) is 1.96. The summed E-state index contributed by atoms with van der Waals surface area (Å²) in [6.07, 6.45) is 0.168. The molecule has 0 aliphatic heterocycles. The van der Waals surface area contributed by atoms with Crippen LogP contribution in [0.15, 0.2) is 12.1 Å². The van der Waals surface area contributed by atoms with Crippen LogP contribution < -0.4 is 5.73 Å². The molecule has 1 rings (SSSR count). The number of nitrogens with zero attached hydrogens (tertiary/aromatic N) is 1. The molecule has 0 aromatic heterocycles.